The molecule has 0 bridgehead atoms. The van der Waals surface area contributed by atoms with Gasteiger partial charge >= 0.3 is 0 Å². The van der Waals surface area contributed by atoms with Crippen LogP contribution in [-0.4, -0.2) is 14.5 Å². The monoisotopic (exact) mass is 860 g/mol. The molecule has 326 valence electrons. The number of benzene rings is 7. The normalized spacial score (nSPS) is 11.6. The number of nitrogens with zero attached hydrogens (tertiary/aromatic N) is 4. The van der Waals surface area contributed by atoms with E-state index in [0.29, 0.717) is 28.9 Å². The van der Waals surface area contributed by atoms with Gasteiger partial charge in [0, 0.05) is 17.3 Å². The van der Waals surface area contributed by atoms with Gasteiger partial charge in [-0.2, -0.15) is 5.26 Å². The first kappa shape index (κ1) is 43.7. The van der Waals surface area contributed by atoms with Crippen molar-refractivity contribution in [2.24, 2.45) is 0 Å². The summed E-state index contributed by atoms with van der Waals surface area (Å²) in [6, 6.07) is 59.5. The minimum absolute atomic E-state index is 0.206. The first-order valence-electron chi connectivity index (χ1n) is 23.2. The van der Waals surface area contributed by atoms with Crippen molar-refractivity contribution < 1.29 is 4.74 Å². The van der Waals surface area contributed by atoms with Crippen molar-refractivity contribution in [3.05, 3.63) is 198 Å². The van der Waals surface area contributed by atoms with Gasteiger partial charge in [-0.05, 0) is 146 Å². The Hall–Kier alpha value is -7.55. The molecule has 0 radical (unpaired) electrons. The van der Waals surface area contributed by atoms with Crippen molar-refractivity contribution in [3.8, 4) is 79.3 Å². The van der Waals surface area contributed by atoms with Gasteiger partial charge in [-0.3, -0.25) is 9.55 Å². The molecular weight excluding hydrogens is 805 g/mol. The van der Waals surface area contributed by atoms with Gasteiger partial charge in [-0.1, -0.05) is 152 Å². The molecule has 5 heteroatoms. The van der Waals surface area contributed by atoms with Crippen LogP contribution in [0, 0.1) is 11.3 Å². The fraction of sp³-hybridized carbons (Fsp3) is 0.197. The van der Waals surface area contributed by atoms with Gasteiger partial charge in [-0.25, -0.2) is 4.98 Å². The second kappa shape index (κ2) is 18.5. The zero-order chi connectivity index (χ0) is 46.1. The van der Waals surface area contributed by atoms with Crippen LogP contribution in [0.25, 0.3) is 72.7 Å². The molecule has 9 aromatic rings. The van der Waals surface area contributed by atoms with E-state index < -0.39 is 0 Å². The van der Waals surface area contributed by atoms with Crippen molar-refractivity contribution in [1.29, 1.82) is 5.26 Å². The maximum atomic E-state index is 10.1. The van der Waals surface area contributed by atoms with E-state index in [0.717, 1.165) is 44.9 Å². The topological polar surface area (TPSA) is 63.7 Å². The molecule has 7 aromatic carbocycles. The van der Waals surface area contributed by atoms with Crippen LogP contribution >= 0.6 is 0 Å². The molecule has 0 atom stereocenters. The number of pyridine rings is 1. The van der Waals surface area contributed by atoms with Gasteiger partial charge in [0.1, 0.15) is 17.3 Å². The molecule has 66 heavy (non-hydrogen) atoms. The lowest BCUT2D eigenvalue weighted by Gasteiger charge is -2.24. The third-order valence-electron chi connectivity index (χ3n) is 12.6. The molecule has 2 aromatic heterocycles. The molecule has 0 saturated heterocycles. The van der Waals surface area contributed by atoms with Gasteiger partial charge in [0.2, 0.25) is 0 Å². The Balaban J connectivity index is 1.11. The molecule has 0 fully saturated rings. The predicted molar refractivity (Wildman–Crippen MR) is 274 cm³/mol. The zero-order valence-corrected chi connectivity index (χ0v) is 39.2. The van der Waals surface area contributed by atoms with E-state index in [-0.39, 0.29) is 11.8 Å². The predicted octanol–water partition coefficient (Wildman–Crippen LogP) is 16.9. The first-order chi connectivity index (χ1) is 32.0. The summed E-state index contributed by atoms with van der Waals surface area (Å²) in [4.78, 5) is 10.2. The van der Waals surface area contributed by atoms with Crippen molar-refractivity contribution in [1.82, 2.24) is 14.5 Å². The average molecular weight is 861 g/mol. The SMILES string of the molecule is CC(C)c1cc(-c2ccccc2)cc(C(C)C)c1-c1ccnc(-c2cccc(Oc3cccc(-c4nc5ccc(C#N)cc5n4-c4c(C(C)C)cc(-c5ccccc5)cc4C(C)C)c3)c2)c1. The summed E-state index contributed by atoms with van der Waals surface area (Å²) in [5.41, 5.74) is 18.6. The van der Waals surface area contributed by atoms with Crippen molar-refractivity contribution in [2.45, 2.75) is 79.1 Å². The van der Waals surface area contributed by atoms with Gasteiger partial charge < -0.3 is 4.74 Å². The molecule has 0 aliphatic carbocycles. The van der Waals surface area contributed by atoms with Gasteiger partial charge in [0.15, 0.2) is 0 Å². The Morgan fingerprint density at radius 2 is 0.985 bits per heavy atom. The molecule has 5 nitrogen and oxygen atoms in total. The Bertz CT molecular complexity index is 3180. The standard InChI is InChI=1S/C61H56N4O/c1-38(2)52-32-48(43-17-11-9-12-18-43)33-53(39(3)4)59(52)46-27-28-63-57(36-46)45-21-15-23-50(30-45)66-51-24-16-22-47(31-51)61-64-56-26-25-42(37-62)29-58(56)65(61)60-54(40(5)6)34-49(35-55(60)41(7)8)44-19-13-10-14-20-44/h9-36,38-41H,1-8H3. The third-order valence-corrected chi connectivity index (χ3v) is 12.6. The van der Waals surface area contributed by atoms with Crippen LogP contribution in [0.3, 0.4) is 0 Å². The fourth-order valence-electron chi connectivity index (χ4n) is 9.21. The number of hydrogen-bond acceptors (Lipinski definition) is 4. The van der Waals surface area contributed by atoms with Crippen LogP contribution in [0.5, 0.6) is 11.5 Å². The Labute approximate surface area is 390 Å². The Morgan fingerprint density at radius 3 is 1.53 bits per heavy atom. The highest BCUT2D eigenvalue weighted by Crippen LogP contribution is 2.43. The van der Waals surface area contributed by atoms with E-state index in [9.17, 15) is 5.26 Å². The molecule has 0 N–H and O–H groups in total. The van der Waals surface area contributed by atoms with E-state index in [1.807, 2.05) is 48.7 Å². The largest absolute Gasteiger partial charge is 0.457 e. The number of fused-ring (bicyclic) bond motifs is 1. The summed E-state index contributed by atoms with van der Waals surface area (Å²) >= 11 is 0. The van der Waals surface area contributed by atoms with Gasteiger partial charge in [0.25, 0.3) is 0 Å². The van der Waals surface area contributed by atoms with Crippen LogP contribution in [0.1, 0.15) is 107 Å². The van der Waals surface area contributed by atoms with Crippen LogP contribution in [0.4, 0.5) is 0 Å². The lowest BCUT2D eigenvalue weighted by atomic mass is 9.82. The summed E-state index contributed by atoms with van der Waals surface area (Å²) in [6.07, 6.45) is 1.93. The van der Waals surface area contributed by atoms with Crippen molar-refractivity contribution in [3.63, 3.8) is 0 Å². The number of aromatic nitrogens is 3. The van der Waals surface area contributed by atoms with E-state index in [1.54, 1.807) is 0 Å². The molecule has 2 heterocycles. The summed E-state index contributed by atoms with van der Waals surface area (Å²) in [5.74, 6) is 3.25. The highest BCUT2D eigenvalue weighted by atomic mass is 16.5. The minimum atomic E-state index is 0.206. The molecule has 0 aliphatic rings. The maximum Gasteiger partial charge on any atom is 0.145 e. The molecule has 0 unspecified atom stereocenters. The third kappa shape index (κ3) is 8.67. The van der Waals surface area contributed by atoms with E-state index >= 15 is 0 Å². The van der Waals surface area contributed by atoms with Crippen LogP contribution in [0.15, 0.2) is 170 Å². The second-order valence-corrected chi connectivity index (χ2v) is 18.6. The summed E-state index contributed by atoms with van der Waals surface area (Å²) in [5, 5.41) is 10.1. The highest BCUT2D eigenvalue weighted by molar-refractivity contribution is 5.87. The number of imidazole rings is 1. The van der Waals surface area contributed by atoms with E-state index in [4.69, 9.17) is 14.7 Å². The summed E-state index contributed by atoms with van der Waals surface area (Å²) in [6.45, 7) is 18.1. The van der Waals surface area contributed by atoms with Crippen LogP contribution in [-0.2, 0) is 0 Å². The zero-order valence-electron chi connectivity index (χ0n) is 39.2. The van der Waals surface area contributed by atoms with Gasteiger partial charge in [0.05, 0.1) is 34.0 Å². The first-order valence-corrected chi connectivity index (χ1v) is 23.2. The molecule has 0 aliphatic heterocycles. The molecule has 0 saturated carbocycles. The highest BCUT2D eigenvalue weighted by Gasteiger charge is 2.25. The quantitative estimate of drug-likeness (QED) is 0.123. The second-order valence-electron chi connectivity index (χ2n) is 18.6. The number of nitriles is 1. The van der Waals surface area contributed by atoms with E-state index in [2.05, 4.69) is 187 Å². The maximum absolute atomic E-state index is 10.1. The average Bonchev–Trinajstić information content (AvgIpc) is 3.72. The summed E-state index contributed by atoms with van der Waals surface area (Å²) in [7, 11) is 0. The molecule has 0 spiro atoms. The van der Waals surface area contributed by atoms with Crippen LogP contribution in [0.2, 0.25) is 0 Å². The fourth-order valence-corrected chi connectivity index (χ4v) is 9.21. The molecule has 0 amide bonds. The van der Waals surface area contributed by atoms with Crippen LogP contribution < -0.4 is 4.74 Å². The molecular formula is C61H56N4O. The number of hydrogen-bond donors (Lipinski definition) is 0. The number of ether oxygens (including phenoxy) is 1. The minimum Gasteiger partial charge on any atom is -0.457 e. The van der Waals surface area contributed by atoms with Crippen molar-refractivity contribution in [2.75, 3.05) is 0 Å². The Morgan fingerprint density at radius 1 is 0.470 bits per heavy atom. The van der Waals surface area contributed by atoms with Gasteiger partial charge in [-0.15, -0.1) is 0 Å². The summed E-state index contributed by atoms with van der Waals surface area (Å²) < 4.78 is 8.99. The molecule has 9 rings (SSSR count). The Kier molecular flexibility index (Phi) is 12.3. The van der Waals surface area contributed by atoms with Crippen molar-refractivity contribution >= 4 is 11.0 Å². The lowest BCUT2D eigenvalue weighted by Crippen LogP contribution is -2.09. The number of rotatable bonds is 12. The van der Waals surface area contributed by atoms with E-state index in [1.165, 1.54) is 50.1 Å². The lowest BCUT2D eigenvalue weighted by molar-refractivity contribution is 0.483. The smallest absolute Gasteiger partial charge is 0.145 e.